The molecule has 40 heavy (non-hydrogen) atoms. The summed E-state index contributed by atoms with van der Waals surface area (Å²) in [7, 11) is 1.44. The number of nitrogens with one attached hydrogen (secondary N) is 2. The van der Waals surface area contributed by atoms with Crippen LogP contribution in [0.5, 0.6) is 17.2 Å². The van der Waals surface area contributed by atoms with Crippen molar-refractivity contribution in [3.63, 3.8) is 0 Å². The number of methoxy groups -OCH3 is 1. The average molecular weight is 564 g/mol. The topological polar surface area (TPSA) is 123 Å². The Labute approximate surface area is 235 Å². The summed E-state index contributed by atoms with van der Waals surface area (Å²) >= 11 is 6.17. The van der Waals surface area contributed by atoms with E-state index in [1.807, 2.05) is 13.0 Å². The summed E-state index contributed by atoms with van der Waals surface area (Å²) in [5.41, 5.74) is 0.687. The van der Waals surface area contributed by atoms with E-state index in [0.29, 0.717) is 28.8 Å². The minimum absolute atomic E-state index is 0.168. The van der Waals surface area contributed by atoms with E-state index in [-0.39, 0.29) is 29.2 Å². The van der Waals surface area contributed by atoms with Crippen LogP contribution >= 0.6 is 11.6 Å². The van der Waals surface area contributed by atoms with Crippen molar-refractivity contribution in [2.24, 2.45) is 0 Å². The molecule has 3 aromatic carbocycles. The van der Waals surface area contributed by atoms with Gasteiger partial charge in [-0.05, 0) is 55.0 Å². The summed E-state index contributed by atoms with van der Waals surface area (Å²) in [4.78, 5) is 52.1. The van der Waals surface area contributed by atoms with Gasteiger partial charge >= 0.3 is 6.03 Å². The van der Waals surface area contributed by atoms with Gasteiger partial charge in [0.25, 0.3) is 17.7 Å². The molecule has 0 saturated carbocycles. The molecule has 0 aliphatic carbocycles. The van der Waals surface area contributed by atoms with Gasteiger partial charge in [0.2, 0.25) is 0 Å². The summed E-state index contributed by atoms with van der Waals surface area (Å²) in [5, 5.41) is 5.18. The van der Waals surface area contributed by atoms with E-state index >= 15 is 0 Å². The zero-order valence-electron chi connectivity index (χ0n) is 21.7. The van der Waals surface area contributed by atoms with Crippen molar-refractivity contribution < 1.29 is 33.4 Å². The Morgan fingerprint density at radius 2 is 1.73 bits per heavy atom. The van der Waals surface area contributed by atoms with Crippen molar-refractivity contribution in [2.75, 3.05) is 30.5 Å². The van der Waals surface area contributed by atoms with E-state index in [9.17, 15) is 19.2 Å². The van der Waals surface area contributed by atoms with E-state index in [1.165, 1.54) is 37.5 Å². The number of para-hydroxylation sites is 1. The monoisotopic (exact) mass is 563 g/mol. The summed E-state index contributed by atoms with van der Waals surface area (Å²) in [6.07, 6.45) is 2.03. The smallest absolute Gasteiger partial charge is 0.335 e. The van der Waals surface area contributed by atoms with E-state index < -0.39 is 23.8 Å². The van der Waals surface area contributed by atoms with Crippen LogP contribution in [-0.2, 0) is 14.4 Å². The first-order chi connectivity index (χ1) is 19.3. The van der Waals surface area contributed by atoms with E-state index in [4.69, 9.17) is 25.8 Å². The largest absolute Gasteiger partial charge is 0.493 e. The van der Waals surface area contributed by atoms with Crippen molar-refractivity contribution >= 4 is 52.8 Å². The quantitative estimate of drug-likeness (QED) is 0.268. The van der Waals surface area contributed by atoms with Crippen LogP contribution < -0.4 is 29.7 Å². The molecular formula is C29H26ClN3O7. The molecule has 1 aliphatic rings. The minimum atomic E-state index is -0.920. The Balaban J connectivity index is 1.60. The first-order valence-electron chi connectivity index (χ1n) is 12.3. The van der Waals surface area contributed by atoms with Gasteiger partial charge < -0.3 is 19.5 Å². The number of carbonyl (C=O) groups is 4. The zero-order chi connectivity index (χ0) is 28.6. The fraction of sp³-hybridized carbons (Fsp3) is 0.172. The van der Waals surface area contributed by atoms with Gasteiger partial charge in [-0.1, -0.05) is 36.7 Å². The van der Waals surface area contributed by atoms with Crippen molar-refractivity contribution in [3.05, 3.63) is 82.9 Å². The molecule has 206 valence electrons. The van der Waals surface area contributed by atoms with Crippen LogP contribution in [0.3, 0.4) is 0 Å². The average Bonchev–Trinajstić information content (AvgIpc) is 2.94. The molecule has 0 unspecified atom stereocenters. The van der Waals surface area contributed by atoms with Crippen molar-refractivity contribution in [2.45, 2.75) is 13.3 Å². The molecule has 0 spiro atoms. The second kappa shape index (κ2) is 12.8. The van der Waals surface area contributed by atoms with Gasteiger partial charge in [0.1, 0.15) is 11.3 Å². The molecule has 0 aromatic heterocycles. The molecule has 1 saturated heterocycles. The number of imide groups is 2. The SMILES string of the molecule is CCCOc1ccc(N2C(=O)NC(=O)/C(=C/c3cc(Cl)ccc3OCC(=O)Nc3ccccc3)C2=O)cc1OC. The number of halogens is 1. The molecule has 0 bridgehead atoms. The highest BCUT2D eigenvalue weighted by Crippen LogP contribution is 2.34. The number of hydrogen-bond acceptors (Lipinski definition) is 7. The summed E-state index contributed by atoms with van der Waals surface area (Å²) in [6.45, 7) is 2.07. The molecule has 1 heterocycles. The van der Waals surface area contributed by atoms with Crippen LogP contribution in [0.1, 0.15) is 18.9 Å². The highest BCUT2D eigenvalue weighted by Gasteiger charge is 2.37. The van der Waals surface area contributed by atoms with Gasteiger partial charge in [0.15, 0.2) is 18.1 Å². The Morgan fingerprint density at radius 3 is 2.45 bits per heavy atom. The number of benzene rings is 3. The zero-order valence-corrected chi connectivity index (χ0v) is 22.5. The van der Waals surface area contributed by atoms with Gasteiger partial charge in [0.05, 0.1) is 19.4 Å². The highest BCUT2D eigenvalue weighted by atomic mass is 35.5. The molecular weight excluding hydrogens is 538 g/mol. The maximum atomic E-state index is 13.4. The van der Waals surface area contributed by atoms with Crippen LogP contribution in [0.25, 0.3) is 6.08 Å². The van der Waals surface area contributed by atoms with Crippen LogP contribution in [0, 0.1) is 0 Å². The van der Waals surface area contributed by atoms with Crippen LogP contribution in [-0.4, -0.2) is 44.1 Å². The molecule has 1 fully saturated rings. The lowest BCUT2D eigenvalue weighted by Crippen LogP contribution is -2.54. The number of urea groups is 1. The summed E-state index contributed by atoms with van der Waals surface area (Å²) in [5.74, 6) is -1.22. The maximum Gasteiger partial charge on any atom is 0.335 e. The van der Waals surface area contributed by atoms with E-state index in [2.05, 4.69) is 10.6 Å². The number of ether oxygens (including phenoxy) is 3. The fourth-order valence-corrected chi connectivity index (χ4v) is 3.98. The van der Waals surface area contributed by atoms with Gasteiger partial charge in [-0.2, -0.15) is 0 Å². The minimum Gasteiger partial charge on any atom is -0.493 e. The standard InChI is InChI=1S/C29H26ClN3O7/c1-3-13-39-24-12-10-21(16-25(24)38-2)33-28(36)22(27(35)32-29(33)37)15-18-14-19(30)9-11-23(18)40-17-26(34)31-20-7-5-4-6-8-20/h4-12,14-16H,3,13,17H2,1-2H3,(H,31,34)(H,32,35,37)/b22-15-. The van der Waals surface area contributed by atoms with Crippen molar-refractivity contribution in [1.29, 1.82) is 0 Å². The second-order valence-corrected chi connectivity index (χ2v) is 8.96. The molecule has 5 amide bonds. The van der Waals surface area contributed by atoms with Crippen molar-refractivity contribution in [3.8, 4) is 17.2 Å². The Bertz CT molecular complexity index is 1470. The normalized spacial score (nSPS) is 14.1. The lowest BCUT2D eigenvalue weighted by Gasteiger charge is -2.27. The lowest BCUT2D eigenvalue weighted by atomic mass is 10.1. The van der Waals surface area contributed by atoms with Crippen molar-refractivity contribution in [1.82, 2.24) is 5.32 Å². The molecule has 4 rings (SSSR count). The van der Waals surface area contributed by atoms with Gasteiger partial charge in [0, 0.05) is 22.3 Å². The summed E-state index contributed by atoms with van der Waals surface area (Å²) in [6, 6.07) is 17.0. The molecule has 0 radical (unpaired) electrons. The Hall–Kier alpha value is -4.83. The van der Waals surface area contributed by atoms with Crippen LogP contribution in [0.4, 0.5) is 16.2 Å². The number of nitrogens with zero attached hydrogens (tertiary/aromatic N) is 1. The molecule has 2 N–H and O–H groups in total. The van der Waals surface area contributed by atoms with E-state index in [0.717, 1.165) is 11.3 Å². The van der Waals surface area contributed by atoms with Crippen LogP contribution in [0.15, 0.2) is 72.3 Å². The molecule has 11 heteroatoms. The van der Waals surface area contributed by atoms with Crippen LogP contribution in [0.2, 0.25) is 5.02 Å². The fourth-order valence-electron chi connectivity index (χ4n) is 3.80. The summed E-state index contributed by atoms with van der Waals surface area (Å²) < 4.78 is 16.7. The maximum absolute atomic E-state index is 13.4. The number of hydrogen-bond donors (Lipinski definition) is 2. The Kier molecular flexibility index (Phi) is 9.03. The predicted octanol–water partition coefficient (Wildman–Crippen LogP) is 4.82. The van der Waals surface area contributed by atoms with Gasteiger partial charge in [-0.3, -0.25) is 19.7 Å². The predicted molar refractivity (Wildman–Crippen MR) is 150 cm³/mol. The first-order valence-corrected chi connectivity index (χ1v) is 12.7. The molecule has 3 aromatic rings. The number of anilines is 2. The number of amides is 5. The highest BCUT2D eigenvalue weighted by molar-refractivity contribution is 6.39. The Morgan fingerprint density at radius 1 is 0.975 bits per heavy atom. The van der Waals surface area contributed by atoms with E-state index in [1.54, 1.807) is 36.4 Å². The van der Waals surface area contributed by atoms with Gasteiger partial charge in [-0.25, -0.2) is 9.69 Å². The number of rotatable bonds is 10. The third-order valence-corrected chi connectivity index (χ3v) is 5.89. The number of barbiturate groups is 1. The van der Waals surface area contributed by atoms with Gasteiger partial charge in [-0.15, -0.1) is 0 Å². The molecule has 10 nitrogen and oxygen atoms in total. The third kappa shape index (κ3) is 6.59. The second-order valence-electron chi connectivity index (χ2n) is 8.53. The lowest BCUT2D eigenvalue weighted by molar-refractivity contribution is -0.122. The third-order valence-electron chi connectivity index (χ3n) is 5.66. The molecule has 0 atom stereocenters. The number of carbonyl (C=O) groups excluding carboxylic acids is 4. The molecule has 1 aliphatic heterocycles. The first kappa shape index (κ1) is 28.2.